The average Bonchev–Trinajstić information content (AvgIpc) is 2.64. The summed E-state index contributed by atoms with van der Waals surface area (Å²) in [5.41, 5.74) is 6.33. The second kappa shape index (κ2) is 3.17. The van der Waals surface area contributed by atoms with Crippen molar-refractivity contribution in [3.63, 3.8) is 0 Å². The third kappa shape index (κ3) is 1.09. The zero-order valence-corrected chi connectivity index (χ0v) is 8.73. The Balaban J connectivity index is 2.32. The highest BCUT2D eigenvalue weighted by Crippen LogP contribution is 2.43. The van der Waals surface area contributed by atoms with E-state index in [-0.39, 0.29) is 0 Å². The summed E-state index contributed by atoms with van der Waals surface area (Å²) < 4.78 is 0. The van der Waals surface area contributed by atoms with E-state index in [0.717, 1.165) is 17.4 Å². The molecule has 0 heterocycles. The van der Waals surface area contributed by atoms with Crippen LogP contribution in [0.1, 0.15) is 21.5 Å². The van der Waals surface area contributed by atoms with Crippen LogP contribution in [-0.4, -0.2) is 6.29 Å². The number of hydrogen-bond donors (Lipinski definition) is 0. The first-order chi connectivity index (χ1) is 7.81. The summed E-state index contributed by atoms with van der Waals surface area (Å²) in [7, 11) is 0. The van der Waals surface area contributed by atoms with Gasteiger partial charge in [-0.1, -0.05) is 43.0 Å². The molecule has 0 amide bonds. The molecule has 1 nitrogen and oxygen atoms in total. The van der Waals surface area contributed by atoms with Crippen molar-refractivity contribution in [3.05, 3.63) is 65.7 Å². The molecule has 0 unspecified atom stereocenters. The minimum absolute atomic E-state index is 0.702. The SMILES string of the molecule is C=C1c2ccccc2-c2ccc(C=O)cc21. The lowest BCUT2D eigenvalue weighted by Gasteiger charge is -2.00. The molecule has 76 valence electrons. The van der Waals surface area contributed by atoms with Gasteiger partial charge >= 0.3 is 0 Å². The topological polar surface area (TPSA) is 17.1 Å². The fraction of sp³-hybridized carbons (Fsp3) is 0. The smallest absolute Gasteiger partial charge is 0.150 e. The minimum Gasteiger partial charge on any atom is -0.298 e. The predicted octanol–water partition coefficient (Wildman–Crippen LogP) is 3.54. The van der Waals surface area contributed by atoms with E-state index in [4.69, 9.17) is 0 Å². The third-order valence-electron chi connectivity index (χ3n) is 3.05. The Labute approximate surface area is 94.0 Å². The normalized spacial score (nSPS) is 12.1. The van der Waals surface area contributed by atoms with Gasteiger partial charge in [0.2, 0.25) is 0 Å². The Morgan fingerprint density at radius 3 is 2.31 bits per heavy atom. The van der Waals surface area contributed by atoms with Gasteiger partial charge in [0.05, 0.1) is 0 Å². The lowest BCUT2D eigenvalue weighted by Crippen LogP contribution is -1.83. The van der Waals surface area contributed by atoms with Gasteiger partial charge in [0.15, 0.2) is 0 Å². The van der Waals surface area contributed by atoms with Crippen molar-refractivity contribution in [2.75, 3.05) is 0 Å². The van der Waals surface area contributed by atoms with E-state index in [1.807, 2.05) is 30.3 Å². The zero-order chi connectivity index (χ0) is 11.1. The molecule has 2 aromatic rings. The molecule has 0 aliphatic heterocycles. The van der Waals surface area contributed by atoms with Crippen molar-refractivity contribution in [1.82, 2.24) is 0 Å². The summed E-state index contributed by atoms with van der Waals surface area (Å²) in [6.45, 7) is 4.10. The van der Waals surface area contributed by atoms with Gasteiger partial charge in [-0.05, 0) is 33.9 Å². The van der Waals surface area contributed by atoms with Crippen molar-refractivity contribution in [2.24, 2.45) is 0 Å². The molecule has 0 N–H and O–H groups in total. The minimum atomic E-state index is 0.702. The average molecular weight is 206 g/mol. The maximum absolute atomic E-state index is 10.8. The van der Waals surface area contributed by atoms with Crippen LogP contribution in [0.15, 0.2) is 49.0 Å². The van der Waals surface area contributed by atoms with Crippen LogP contribution < -0.4 is 0 Å². The van der Waals surface area contributed by atoms with E-state index in [2.05, 4.69) is 18.7 Å². The van der Waals surface area contributed by atoms with E-state index in [1.54, 1.807) is 0 Å². The van der Waals surface area contributed by atoms with Gasteiger partial charge in [-0.15, -0.1) is 0 Å². The van der Waals surface area contributed by atoms with Crippen molar-refractivity contribution >= 4 is 11.9 Å². The van der Waals surface area contributed by atoms with Gasteiger partial charge in [-0.2, -0.15) is 0 Å². The van der Waals surface area contributed by atoms with Crippen LogP contribution in [-0.2, 0) is 0 Å². The first kappa shape index (κ1) is 9.10. The summed E-state index contributed by atoms with van der Waals surface area (Å²) in [4.78, 5) is 10.8. The van der Waals surface area contributed by atoms with E-state index >= 15 is 0 Å². The fourth-order valence-electron chi connectivity index (χ4n) is 2.25. The number of carbonyl (C=O) groups is 1. The summed E-state index contributed by atoms with van der Waals surface area (Å²) >= 11 is 0. The van der Waals surface area contributed by atoms with Gasteiger partial charge in [-0.25, -0.2) is 0 Å². The molecule has 0 bridgehead atoms. The molecule has 0 atom stereocenters. The number of benzene rings is 2. The monoisotopic (exact) mass is 206 g/mol. The highest BCUT2D eigenvalue weighted by Gasteiger charge is 2.21. The van der Waals surface area contributed by atoms with Crippen LogP contribution in [0.25, 0.3) is 16.7 Å². The van der Waals surface area contributed by atoms with E-state index < -0.39 is 0 Å². The van der Waals surface area contributed by atoms with Crippen LogP contribution in [0, 0.1) is 0 Å². The maximum atomic E-state index is 10.8. The Bertz CT molecular complexity index is 609. The maximum Gasteiger partial charge on any atom is 0.150 e. The Morgan fingerprint density at radius 1 is 0.875 bits per heavy atom. The summed E-state index contributed by atoms with van der Waals surface area (Å²) in [6.07, 6.45) is 0.872. The highest BCUT2D eigenvalue weighted by atomic mass is 16.1. The molecule has 0 fully saturated rings. The van der Waals surface area contributed by atoms with Crippen molar-refractivity contribution in [1.29, 1.82) is 0 Å². The van der Waals surface area contributed by atoms with Gasteiger partial charge in [0, 0.05) is 5.56 Å². The van der Waals surface area contributed by atoms with Crippen LogP contribution in [0.2, 0.25) is 0 Å². The zero-order valence-electron chi connectivity index (χ0n) is 8.73. The number of aldehydes is 1. The lowest BCUT2D eigenvalue weighted by molar-refractivity contribution is 0.112. The first-order valence-electron chi connectivity index (χ1n) is 5.19. The van der Waals surface area contributed by atoms with Crippen LogP contribution in [0.3, 0.4) is 0 Å². The molecule has 0 saturated carbocycles. The van der Waals surface area contributed by atoms with E-state index in [1.165, 1.54) is 16.7 Å². The third-order valence-corrected chi connectivity index (χ3v) is 3.05. The first-order valence-corrected chi connectivity index (χ1v) is 5.19. The second-order valence-electron chi connectivity index (χ2n) is 3.95. The molecule has 0 spiro atoms. The second-order valence-corrected chi connectivity index (χ2v) is 3.95. The van der Waals surface area contributed by atoms with Crippen molar-refractivity contribution in [2.45, 2.75) is 0 Å². The van der Waals surface area contributed by atoms with E-state index in [0.29, 0.717) is 5.56 Å². The Kier molecular flexibility index (Phi) is 1.80. The van der Waals surface area contributed by atoms with Crippen molar-refractivity contribution in [3.8, 4) is 11.1 Å². The lowest BCUT2D eigenvalue weighted by atomic mass is 10.0. The number of rotatable bonds is 1. The summed E-state index contributed by atoms with van der Waals surface area (Å²) in [5.74, 6) is 0. The molecule has 1 aliphatic rings. The molecule has 16 heavy (non-hydrogen) atoms. The molecule has 1 aliphatic carbocycles. The van der Waals surface area contributed by atoms with Crippen LogP contribution in [0.5, 0.6) is 0 Å². The molecule has 2 aromatic carbocycles. The Morgan fingerprint density at radius 2 is 1.56 bits per heavy atom. The molecule has 1 heteroatoms. The molecular weight excluding hydrogens is 196 g/mol. The number of fused-ring (bicyclic) bond motifs is 3. The highest BCUT2D eigenvalue weighted by molar-refractivity contribution is 6.01. The predicted molar refractivity (Wildman–Crippen MR) is 65.4 cm³/mol. The Hall–Kier alpha value is -2.15. The van der Waals surface area contributed by atoms with Crippen molar-refractivity contribution < 1.29 is 4.79 Å². The van der Waals surface area contributed by atoms with Gasteiger partial charge in [0.1, 0.15) is 6.29 Å². The van der Waals surface area contributed by atoms with Crippen LogP contribution >= 0.6 is 0 Å². The molecule has 0 radical (unpaired) electrons. The number of hydrogen-bond acceptors (Lipinski definition) is 1. The molecular formula is C15H10O. The quantitative estimate of drug-likeness (QED) is 0.556. The molecule has 3 rings (SSSR count). The standard InChI is InChI=1S/C15H10O/c1-10-12-4-2-3-5-13(12)14-7-6-11(9-16)8-15(10)14/h2-9H,1H2. The van der Waals surface area contributed by atoms with Gasteiger partial charge in [-0.3, -0.25) is 4.79 Å². The van der Waals surface area contributed by atoms with Gasteiger partial charge < -0.3 is 0 Å². The molecule has 0 aromatic heterocycles. The van der Waals surface area contributed by atoms with Gasteiger partial charge in [0.25, 0.3) is 0 Å². The van der Waals surface area contributed by atoms with Crippen LogP contribution in [0.4, 0.5) is 0 Å². The number of carbonyl (C=O) groups excluding carboxylic acids is 1. The van der Waals surface area contributed by atoms with E-state index in [9.17, 15) is 4.79 Å². The molecule has 0 saturated heterocycles. The fourth-order valence-corrected chi connectivity index (χ4v) is 2.25. The summed E-state index contributed by atoms with van der Waals surface area (Å²) in [5, 5.41) is 0. The summed E-state index contributed by atoms with van der Waals surface area (Å²) in [6, 6.07) is 13.9. The largest absolute Gasteiger partial charge is 0.298 e.